The highest BCUT2D eigenvalue weighted by molar-refractivity contribution is 5.20. The topological polar surface area (TPSA) is 21.3 Å². The van der Waals surface area contributed by atoms with Crippen LogP contribution in [0.5, 0.6) is 0 Å². The summed E-state index contributed by atoms with van der Waals surface area (Å²) in [6.07, 6.45) is 9.43. The highest BCUT2D eigenvalue weighted by Crippen LogP contribution is 2.35. The molecule has 1 aromatic rings. The fraction of sp³-hybridized carbons (Fsp3) is 0.667. The molecule has 0 amide bonds. The summed E-state index contributed by atoms with van der Waals surface area (Å²) in [4.78, 5) is 0. The van der Waals surface area contributed by atoms with E-state index in [4.69, 9.17) is 4.74 Å². The lowest BCUT2D eigenvalue weighted by atomic mass is 9.80. The summed E-state index contributed by atoms with van der Waals surface area (Å²) in [6, 6.07) is 12.1. The second-order valence-electron chi connectivity index (χ2n) is 6.37. The normalized spacial score (nSPS) is 26.3. The first-order valence-corrected chi connectivity index (χ1v) is 8.32. The molecular weight excluding hydrogens is 246 g/mol. The van der Waals surface area contributed by atoms with E-state index in [1.54, 1.807) is 0 Å². The van der Waals surface area contributed by atoms with Crippen molar-refractivity contribution in [2.24, 2.45) is 5.92 Å². The average Bonchev–Trinajstić information content (AvgIpc) is 2.55. The van der Waals surface area contributed by atoms with E-state index < -0.39 is 0 Å². The number of hydrogen-bond donors (Lipinski definition) is 1. The summed E-state index contributed by atoms with van der Waals surface area (Å²) < 4.78 is 5.64. The molecule has 20 heavy (non-hydrogen) atoms. The van der Waals surface area contributed by atoms with Crippen molar-refractivity contribution < 1.29 is 4.74 Å². The summed E-state index contributed by atoms with van der Waals surface area (Å²) >= 11 is 0. The molecule has 1 N–H and O–H groups in total. The van der Waals surface area contributed by atoms with Gasteiger partial charge in [-0.05, 0) is 37.2 Å². The Balaban J connectivity index is 1.72. The first-order valence-electron chi connectivity index (χ1n) is 8.32. The Morgan fingerprint density at radius 2 is 1.75 bits per heavy atom. The van der Waals surface area contributed by atoms with Gasteiger partial charge in [0.25, 0.3) is 0 Å². The maximum absolute atomic E-state index is 5.64. The number of benzene rings is 1. The van der Waals surface area contributed by atoms with Gasteiger partial charge < -0.3 is 10.1 Å². The predicted octanol–water partition coefficient (Wildman–Crippen LogP) is 4.08. The molecule has 0 radical (unpaired) electrons. The molecule has 1 aliphatic carbocycles. The maximum atomic E-state index is 5.64. The smallest absolute Gasteiger partial charge is 0.0619 e. The van der Waals surface area contributed by atoms with Crippen molar-refractivity contribution in [3.8, 4) is 0 Å². The van der Waals surface area contributed by atoms with Crippen molar-refractivity contribution in [3.63, 3.8) is 0 Å². The van der Waals surface area contributed by atoms with Crippen LogP contribution in [0.1, 0.15) is 56.6 Å². The van der Waals surface area contributed by atoms with Gasteiger partial charge in [0.15, 0.2) is 0 Å². The van der Waals surface area contributed by atoms with E-state index in [2.05, 4.69) is 35.6 Å². The maximum Gasteiger partial charge on any atom is 0.0619 e. The predicted molar refractivity (Wildman–Crippen MR) is 82.7 cm³/mol. The van der Waals surface area contributed by atoms with Crippen LogP contribution in [-0.4, -0.2) is 19.3 Å². The van der Waals surface area contributed by atoms with E-state index in [1.807, 2.05) is 0 Å². The third-order valence-corrected chi connectivity index (χ3v) is 4.86. The molecule has 1 saturated heterocycles. The van der Waals surface area contributed by atoms with Crippen LogP contribution in [0.2, 0.25) is 0 Å². The van der Waals surface area contributed by atoms with Gasteiger partial charge >= 0.3 is 0 Å². The van der Waals surface area contributed by atoms with Gasteiger partial charge in [0, 0.05) is 18.7 Å². The molecule has 0 bridgehead atoms. The fourth-order valence-corrected chi connectivity index (χ4v) is 3.76. The van der Waals surface area contributed by atoms with Gasteiger partial charge in [-0.15, -0.1) is 0 Å². The van der Waals surface area contributed by atoms with Crippen LogP contribution >= 0.6 is 0 Å². The van der Waals surface area contributed by atoms with E-state index in [0.29, 0.717) is 12.1 Å². The molecule has 2 heteroatoms. The van der Waals surface area contributed by atoms with Gasteiger partial charge in [0.05, 0.1) is 6.61 Å². The SMILES string of the molecule is c1ccc(C(NC2CCCOC2)C2CCCCC2)cc1. The molecule has 2 atom stereocenters. The quantitative estimate of drug-likeness (QED) is 0.892. The lowest BCUT2D eigenvalue weighted by Crippen LogP contribution is -2.42. The standard InChI is InChI=1S/C18H27NO/c1-3-8-15(9-4-1)18(16-10-5-2-6-11-16)19-17-12-7-13-20-14-17/h1,3-4,8-9,16-19H,2,5-7,10-14H2. The van der Waals surface area contributed by atoms with Crippen LogP contribution in [0, 0.1) is 5.92 Å². The summed E-state index contributed by atoms with van der Waals surface area (Å²) in [5.74, 6) is 0.799. The van der Waals surface area contributed by atoms with Crippen LogP contribution < -0.4 is 5.32 Å². The Kier molecular flexibility index (Phi) is 5.10. The van der Waals surface area contributed by atoms with Crippen molar-refractivity contribution in [1.82, 2.24) is 5.32 Å². The van der Waals surface area contributed by atoms with Gasteiger partial charge in [-0.25, -0.2) is 0 Å². The van der Waals surface area contributed by atoms with Crippen molar-refractivity contribution >= 4 is 0 Å². The molecule has 2 nitrogen and oxygen atoms in total. The Morgan fingerprint density at radius 1 is 0.950 bits per heavy atom. The average molecular weight is 273 g/mol. The Bertz CT molecular complexity index is 380. The van der Waals surface area contributed by atoms with E-state index in [-0.39, 0.29) is 0 Å². The van der Waals surface area contributed by atoms with Crippen molar-refractivity contribution in [2.75, 3.05) is 13.2 Å². The largest absolute Gasteiger partial charge is 0.380 e. The first-order chi connectivity index (χ1) is 9.93. The number of nitrogens with one attached hydrogen (secondary N) is 1. The van der Waals surface area contributed by atoms with E-state index in [1.165, 1.54) is 50.5 Å². The molecule has 110 valence electrons. The van der Waals surface area contributed by atoms with E-state index >= 15 is 0 Å². The molecule has 2 fully saturated rings. The van der Waals surface area contributed by atoms with Gasteiger partial charge in [-0.1, -0.05) is 49.6 Å². The van der Waals surface area contributed by atoms with Gasteiger partial charge in [0.2, 0.25) is 0 Å². The van der Waals surface area contributed by atoms with Gasteiger partial charge in [0.1, 0.15) is 0 Å². The molecule has 0 aromatic heterocycles. The van der Waals surface area contributed by atoms with Crippen molar-refractivity contribution in [2.45, 2.75) is 57.0 Å². The number of ether oxygens (including phenoxy) is 1. The zero-order valence-electron chi connectivity index (χ0n) is 12.4. The Labute approximate surface area is 122 Å². The minimum Gasteiger partial charge on any atom is -0.380 e. The highest BCUT2D eigenvalue weighted by atomic mass is 16.5. The van der Waals surface area contributed by atoms with Crippen molar-refractivity contribution in [1.29, 1.82) is 0 Å². The second kappa shape index (κ2) is 7.24. The molecule has 1 heterocycles. The van der Waals surface area contributed by atoms with E-state index in [0.717, 1.165) is 19.1 Å². The first kappa shape index (κ1) is 14.1. The van der Waals surface area contributed by atoms with Gasteiger partial charge in [-0.2, -0.15) is 0 Å². The van der Waals surface area contributed by atoms with Crippen LogP contribution in [0.4, 0.5) is 0 Å². The third-order valence-electron chi connectivity index (χ3n) is 4.86. The summed E-state index contributed by atoms with van der Waals surface area (Å²) in [5, 5.41) is 3.92. The zero-order valence-corrected chi connectivity index (χ0v) is 12.4. The molecule has 1 saturated carbocycles. The summed E-state index contributed by atoms with van der Waals surface area (Å²) in [6.45, 7) is 1.83. The number of rotatable bonds is 4. The van der Waals surface area contributed by atoms with Crippen LogP contribution in [-0.2, 0) is 4.74 Å². The molecule has 0 spiro atoms. The third kappa shape index (κ3) is 3.62. The minimum absolute atomic E-state index is 0.517. The van der Waals surface area contributed by atoms with Crippen LogP contribution in [0.3, 0.4) is 0 Å². The van der Waals surface area contributed by atoms with E-state index in [9.17, 15) is 0 Å². The monoisotopic (exact) mass is 273 g/mol. The lowest BCUT2D eigenvalue weighted by molar-refractivity contribution is 0.0611. The van der Waals surface area contributed by atoms with Crippen molar-refractivity contribution in [3.05, 3.63) is 35.9 Å². The Morgan fingerprint density at radius 3 is 2.45 bits per heavy atom. The molecular formula is C18H27NO. The highest BCUT2D eigenvalue weighted by Gasteiger charge is 2.27. The zero-order chi connectivity index (χ0) is 13.6. The van der Waals surface area contributed by atoms with Gasteiger partial charge in [-0.3, -0.25) is 0 Å². The lowest BCUT2D eigenvalue weighted by Gasteiger charge is -2.35. The Hall–Kier alpha value is -0.860. The summed E-state index contributed by atoms with van der Waals surface area (Å²) in [7, 11) is 0. The second-order valence-corrected chi connectivity index (χ2v) is 6.37. The van der Waals surface area contributed by atoms with Crippen LogP contribution in [0.25, 0.3) is 0 Å². The molecule has 1 aliphatic heterocycles. The summed E-state index contributed by atoms with van der Waals surface area (Å²) in [5.41, 5.74) is 1.46. The fourth-order valence-electron chi connectivity index (χ4n) is 3.76. The molecule has 2 aliphatic rings. The minimum atomic E-state index is 0.517. The number of hydrogen-bond acceptors (Lipinski definition) is 2. The molecule has 1 aromatic carbocycles. The molecule has 2 unspecified atom stereocenters. The molecule has 3 rings (SSSR count). The van der Waals surface area contributed by atoms with Crippen LogP contribution in [0.15, 0.2) is 30.3 Å².